The molecular formula is C46H56N4O8S. The molecule has 314 valence electrons. The van der Waals surface area contributed by atoms with E-state index in [1.54, 1.807) is 25.8 Å². The molecule has 4 aromatic rings. The standard InChI is InChI=1S/C46H56N4O8S/c1-26(2)38(50(8)44(53)40(27(3)4)49-46(56)57-25-37-35-20-14-12-18-33(35)34-19-13-15-21-36(34)37)24-39(58-30(7)51)43-48-41(29(6)59-43)42(52)47-32(22-28(5)45(54)55)23-31-16-10-9-11-17-31/h9-21,26-28,32,37-40H,22-25H2,1-8H3,(H,47,52)(H,49,56)(H,54,55). The lowest BCUT2D eigenvalue weighted by Gasteiger charge is -2.36. The Balaban J connectivity index is 1.29. The fourth-order valence-electron chi connectivity index (χ4n) is 7.80. The highest BCUT2D eigenvalue weighted by atomic mass is 32.1. The Morgan fingerprint density at radius 3 is 1.98 bits per heavy atom. The van der Waals surface area contributed by atoms with Crippen LogP contribution in [-0.4, -0.2) is 76.6 Å². The molecule has 0 saturated heterocycles. The number of aromatic nitrogens is 1. The largest absolute Gasteiger partial charge is 0.481 e. The molecule has 3 amide bonds. The predicted octanol–water partition coefficient (Wildman–Crippen LogP) is 7.94. The zero-order valence-corrected chi connectivity index (χ0v) is 35.9. The zero-order chi connectivity index (χ0) is 43.0. The molecule has 5 unspecified atom stereocenters. The minimum atomic E-state index is -0.954. The SMILES string of the molecule is CC(=O)OC(CC(C(C)C)N(C)C(=O)C(NC(=O)OCC1c2ccccc2-c2ccccc21)C(C)C)c1nc(C(=O)NC(Cc2ccccc2)CC(C)C(=O)O)c(C)s1. The second kappa shape index (κ2) is 19.9. The van der Waals surface area contributed by atoms with E-state index < -0.39 is 54.1 Å². The fourth-order valence-corrected chi connectivity index (χ4v) is 8.76. The highest BCUT2D eigenvalue weighted by Crippen LogP contribution is 2.44. The number of alkyl carbamates (subject to hydrolysis) is 1. The molecule has 3 N–H and O–H groups in total. The molecule has 13 heteroatoms. The van der Waals surface area contributed by atoms with E-state index in [2.05, 4.69) is 27.8 Å². The lowest BCUT2D eigenvalue weighted by atomic mass is 9.94. The quantitative estimate of drug-likeness (QED) is 0.0845. The van der Waals surface area contributed by atoms with Gasteiger partial charge in [0.1, 0.15) is 23.4 Å². The van der Waals surface area contributed by atoms with Gasteiger partial charge >= 0.3 is 18.0 Å². The number of ether oxygens (including phenoxy) is 2. The molecule has 1 heterocycles. The van der Waals surface area contributed by atoms with E-state index in [0.29, 0.717) is 16.3 Å². The topological polar surface area (TPSA) is 164 Å². The molecule has 1 aromatic heterocycles. The summed E-state index contributed by atoms with van der Waals surface area (Å²) in [6.45, 7) is 12.4. The van der Waals surface area contributed by atoms with Gasteiger partial charge in [0, 0.05) is 43.3 Å². The van der Waals surface area contributed by atoms with Gasteiger partial charge in [-0.2, -0.15) is 0 Å². The number of rotatable bonds is 18. The first-order chi connectivity index (χ1) is 28.0. The number of nitrogens with one attached hydrogen (secondary N) is 2. The Bertz CT molecular complexity index is 2070. The summed E-state index contributed by atoms with van der Waals surface area (Å²) < 4.78 is 11.6. The number of likely N-dealkylation sites (N-methyl/N-ethyl adjacent to an activating group) is 1. The van der Waals surface area contributed by atoms with Crippen molar-refractivity contribution in [3.63, 3.8) is 0 Å². The number of aliphatic carboxylic acids is 1. The summed E-state index contributed by atoms with van der Waals surface area (Å²) in [5.74, 6) is -3.51. The number of carboxylic acid groups (broad SMARTS) is 1. The molecule has 0 fully saturated rings. The Morgan fingerprint density at radius 2 is 1.42 bits per heavy atom. The molecule has 1 aliphatic rings. The number of nitrogens with zero attached hydrogens (tertiary/aromatic N) is 2. The molecule has 12 nitrogen and oxygen atoms in total. The van der Waals surface area contributed by atoms with E-state index in [-0.39, 0.29) is 48.8 Å². The highest BCUT2D eigenvalue weighted by molar-refractivity contribution is 7.12. The molecule has 0 radical (unpaired) electrons. The summed E-state index contributed by atoms with van der Waals surface area (Å²) in [4.78, 5) is 72.4. The lowest BCUT2D eigenvalue weighted by molar-refractivity contribution is -0.148. The van der Waals surface area contributed by atoms with Crippen molar-refractivity contribution >= 4 is 41.2 Å². The van der Waals surface area contributed by atoms with Gasteiger partial charge in [-0.25, -0.2) is 9.78 Å². The van der Waals surface area contributed by atoms with Crippen LogP contribution in [0.15, 0.2) is 78.9 Å². The van der Waals surface area contributed by atoms with Gasteiger partial charge in [-0.15, -0.1) is 11.3 Å². The van der Waals surface area contributed by atoms with Crippen LogP contribution in [0.3, 0.4) is 0 Å². The summed E-state index contributed by atoms with van der Waals surface area (Å²) in [6.07, 6.45) is -0.763. The monoisotopic (exact) mass is 824 g/mol. The van der Waals surface area contributed by atoms with Crippen LogP contribution in [-0.2, 0) is 30.3 Å². The van der Waals surface area contributed by atoms with Crippen LogP contribution in [0.2, 0.25) is 0 Å². The van der Waals surface area contributed by atoms with E-state index in [0.717, 1.165) is 27.8 Å². The lowest BCUT2D eigenvalue weighted by Crippen LogP contribution is -2.54. The molecule has 0 spiro atoms. The minimum absolute atomic E-state index is 0.107. The van der Waals surface area contributed by atoms with Gasteiger partial charge in [0.2, 0.25) is 5.91 Å². The second-order valence-corrected chi connectivity index (χ2v) is 17.3. The average Bonchev–Trinajstić information content (AvgIpc) is 3.74. The first-order valence-electron chi connectivity index (χ1n) is 20.2. The third kappa shape index (κ3) is 11.1. The number of carbonyl (C=O) groups is 5. The number of aryl methyl sites for hydroxylation is 1. The highest BCUT2D eigenvalue weighted by Gasteiger charge is 2.36. The van der Waals surface area contributed by atoms with E-state index in [1.165, 1.54) is 18.3 Å². The van der Waals surface area contributed by atoms with Crippen molar-refractivity contribution in [3.05, 3.63) is 111 Å². The number of amides is 3. The summed E-state index contributed by atoms with van der Waals surface area (Å²) in [6, 6.07) is 23.8. The van der Waals surface area contributed by atoms with Crippen molar-refractivity contribution in [2.24, 2.45) is 17.8 Å². The molecular weight excluding hydrogens is 769 g/mol. The van der Waals surface area contributed by atoms with Crippen molar-refractivity contribution < 1.29 is 38.6 Å². The van der Waals surface area contributed by atoms with E-state index in [4.69, 9.17) is 9.47 Å². The van der Waals surface area contributed by atoms with E-state index in [1.807, 2.05) is 94.4 Å². The summed E-state index contributed by atoms with van der Waals surface area (Å²) in [5.41, 5.74) is 5.50. The Labute approximate surface area is 350 Å². The van der Waals surface area contributed by atoms with E-state index in [9.17, 15) is 29.1 Å². The van der Waals surface area contributed by atoms with Gasteiger partial charge in [-0.3, -0.25) is 19.2 Å². The smallest absolute Gasteiger partial charge is 0.407 e. The Kier molecular flexibility index (Phi) is 15.0. The van der Waals surface area contributed by atoms with Gasteiger partial charge in [0.05, 0.1) is 5.92 Å². The molecule has 59 heavy (non-hydrogen) atoms. The maximum atomic E-state index is 14.2. The molecule has 5 rings (SSSR count). The first kappa shape index (κ1) is 44.5. The average molecular weight is 825 g/mol. The van der Waals surface area contributed by atoms with Crippen LogP contribution in [0, 0.1) is 24.7 Å². The van der Waals surface area contributed by atoms with Crippen LogP contribution in [0.4, 0.5) is 4.79 Å². The molecule has 0 bridgehead atoms. The summed E-state index contributed by atoms with van der Waals surface area (Å²) >= 11 is 1.22. The number of hydrogen-bond acceptors (Lipinski definition) is 9. The number of carboxylic acids is 1. The summed E-state index contributed by atoms with van der Waals surface area (Å²) in [7, 11) is 1.67. The molecule has 3 aromatic carbocycles. The predicted molar refractivity (Wildman–Crippen MR) is 227 cm³/mol. The van der Waals surface area contributed by atoms with Crippen molar-refractivity contribution in [1.29, 1.82) is 0 Å². The third-order valence-corrected chi connectivity index (χ3v) is 12.0. The maximum Gasteiger partial charge on any atom is 0.407 e. The molecule has 5 atom stereocenters. The van der Waals surface area contributed by atoms with Crippen molar-refractivity contribution in [1.82, 2.24) is 20.5 Å². The number of esters is 1. The zero-order valence-electron chi connectivity index (χ0n) is 35.1. The second-order valence-electron chi connectivity index (χ2n) is 16.1. The van der Waals surface area contributed by atoms with Gasteiger partial charge in [0.25, 0.3) is 5.91 Å². The maximum absolute atomic E-state index is 14.2. The van der Waals surface area contributed by atoms with Gasteiger partial charge in [-0.05, 0) is 59.4 Å². The number of hydrogen-bond donors (Lipinski definition) is 3. The fraction of sp³-hybridized carbons (Fsp3) is 0.435. The minimum Gasteiger partial charge on any atom is -0.481 e. The van der Waals surface area contributed by atoms with Crippen LogP contribution in [0.25, 0.3) is 11.1 Å². The summed E-state index contributed by atoms with van der Waals surface area (Å²) in [5, 5.41) is 15.8. The van der Waals surface area contributed by atoms with Gasteiger partial charge < -0.3 is 30.1 Å². The third-order valence-electron chi connectivity index (χ3n) is 11.0. The Hall–Kier alpha value is -5.56. The molecule has 1 aliphatic carbocycles. The normalized spacial score (nSPS) is 14.7. The van der Waals surface area contributed by atoms with Gasteiger partial charge in [-0.1, -0.05) is 113 Å². The molecule has 0 saturated carbocycles. The number of carbonyl (C=O) groups excluding carboxylic acids is 4. The number of benzene rings is 3. The van der Waals surface area contributed by atoms with Gasteiger partial charge in [0.15, 0.2) is 6.10 Å². The van der Waals surface area contributed by atoms with Crippen molar-refractivity contribution in [3.8, 4) is 11.1 Å². The molecule has 0 aliphatic heterocycles. The Morgan fingerprint density at radius 1 is 0.831 bits per heavy atom. The number of fused-ring (bicyclic) bond motifs is 3. The van der Waals surface area contributed by atoms with Crippen molar-refractivity contribution in [2.45, 2.75) is 97.9 Å². The van der Waals surface area contributed by atoms with Crippen LogP contribution in [0.1, 0.15) is 103 Å². The van der Waals surface area contributed by atoms with Crippen LogP contribution < -0.4 is 10.6 Å². The number of thiazole rings is 1. The first-order valence-corrected chi connectivity index (χ1v) is 21.0. The van der Waals surface area contributed by atoms with Crippen LogP contribution in [0.5, 0.6) is 0 Å². The van der Waals surface area contributed by atoms with Crippen LogP contribution >= 0.6 is 11.3 Å². The van der Waals surface area contributed by atoms with Crippen molar-refractivity contribution in [2.75, 3.05) is 13.7 Å². The van der Waals surface area contributed by atoms with E-state index >= 15 is 0 Å².